The van der Waals surface area contributed by atoms with E-state index < -0.39 is 17.7 Å². The zero-order valence-electron chi connectivity index (χ0n) is 12.7. The molecule has 0 bridgehead atoms. The van der Waals surface area contributed by atoms with Gasteiger partial charge in [0.25, 0.3) is 0 Å². The minimum Gasteiger partial charge on any atom is -0.481 e. The molecule has 0 aliphatic rings. The lowest BCUT2D eigenvalue weighted by atomic mass is 10.1. The summed E-state index contributed by atoms with van der Waals surface area (Å²) in [5, 5.41) is 9.40. The number of carboxylic acids is 1. The number of rotatable bonds is 1. The van der Waals surface area contributed by atoms with Gasteiger partial charge in [0, 0.05) is 17.1 Å². The first-order chi connectivity index (χ1) is 10.3. The molecule has 114 valence electrons. The van der Waals surface area contributed by atoms with Gasteiger partial charge in [0.05, 0.1) is 5.52 Å². The van der Waals surface area contributed by atoms with Crippen LogP contribution < -0.4 is 0 Å². The first kappa shape index (κ1) is 15.6. The van der Waals surface area contributed by atoms with Crippen molar-refractivity contribution in [2.75, 3.05) is 0 Å². The van der Waals surface area contributed by atoms with Crippen LogP contribution >= 0.6 is 0 Å². The third-order valence-electron chi connectivity index (χ3n) is 2.75. The van der Waals surface area contributed by atoms with Gasteiger partial charge in [-0.3, -0.25) is 9.36 Å². The van der Waals surface area contributed by atoms with Gasteiger partial charge in [-0.25, -0.2) is 4.79 Å². The van der Waals surface area contributed by atoms with Crippen molar-refractivity contribution < 1.29 is 19.4 Å². The van der Waals surface area contributed by atoms with Gasteiger partial charge in [-0.1, -0.05) is 11.8 Å². The zero-order valence-corrected chi connectivity index (χ0v) is 12.7. The van der Waals surface area contributed by atoms with Crippen LogP contribution in [0.4, 0.5) is 4.79 Å². The molecule has 0 unspecified atom stereocenters. The van der Waals surface area contributed by atoms with E-state index >= 15 is 0 Å². The largest absolute Gasteiger partial charge is 0.481 e. The highest BCUT2D eigenvalue weighted by molar-refractivity contribution is 5.90. The predicted molar refractivity (Wildman–Crippen MR) is 82.7 cm³/mol. The molecule has 0 atom stereocenters. The maximum absolute atomic E-state index is 12.1. The minimum absolute atomic E-state index is 0.197. The van der Waals surface area contributed by atoms with Crippen molar-refractivity contribution in [1.29, 1.82) is 0 Å². The van der Waals surface area contributed by atoms with Gasteiger partial charge >= 0.3 is 12.1 Å². The smallest absolute Gasteiger partial charge is 0.418 e. The molecule has 0 aliphatic heterocycles. The molecule has 0 spiro atoms. The predicted octanol–water partition coefficient (Wildman–Crippen LogP) is 3.25. The Labute approximate surface area is 128 Å². The molecule has 1 aromatic carbocycles. The summed E-state index contributed by atoms with van der Waals surface area (Å²) in [7, 11) is 0. The molecule has 0 saturated carbocycles. The fourth-order valence-corrected chi connectivity index (χ4v) is 1.91. The number of aliphatic carboxylic acids is 1. The Bertz CT molecular complexity index is 784. The van der Waals surface area contributed by atoms with Crippen LogP contribution in [0.1, 0.15) is 32.8 Å². The number of hydrogen-bond donors (Lipinski definition) is 1. The summed E-state index contributed by atoms with van der Waals surface area (Å²) in [4.78, 5) is 22.6. The molecule has 0 amide bonds. The molecule has 0 radical (unpaired) electrons. The van der Waals surface area contributed by atoms with Crippen LogP contribution in [-0.4, -0.2) is 27.3 Å². The van der Waals surface area contributed by atoms with Gasteiger partial charge in [-0.15, -0.1) is 0 Å². The lowest BCUT2D eigenvalue weighted by Crippen LogP contribution is -2.26. The molecule has 0 saturated heterocycles. The average Bonchev–Trinajstić information content (AvgIpc) is 2.79. The van der Waals surface area contributed by atoms with Crippen LogP contribution in [0.3, 0.4) is 0 Å². The fraction of sp³-hybridized carbons (Fsp3) is 0.294. The number of nitrogens with zero attached hydrogens (tertiary/aromatic N) is 1. The van der Waals surface area contributed by atoms with Crippen molar-refractivity contribution in [2.24, 2.45) is 0 Å². The number of carbonyl (C=O) groups is 2. The minimum atomic E-state index is -0.954. The maximum atomic E-state index is 12.1. The summed E-state index contributed by atoms with van der Waals surface area (Å²) in [6.07, 6.45) is 1.01. The second kappa shape index (κ2) is 5.94. The second-order valence-electron chi connectivity index (χ2n) is 5.81. The Balaban J connectivity index is 2.28. The maximum Gasteiger partial charge on any atom is 0.418 e. The summed E-state index contributed by atoms with van der Waals surface area (Å²) in [6.45, 7) is 5.44. The number of carboxylic acid groups (broad SMARTS) is 1. The van der Waals surface area contributed by atoms with Gasteiger partial charge in [0.2, 0.25) is 0 Å². The lowest BCUT2D eigenvalue weighted by Gasteiger charge is -2.19. The number of fused-ring (bicyclic) bond motifs is 1. The van der Waals surface area contributed by atoms with E-state index in [1.165, 1.54) is 4.57 Å². The van der Waals surface area contributed by atoms with Gasteiger partial charge in [-0.2, -0.15) is 0 Å². The Morgan fingerprint density at radius 3 is 2.64 bits per heavy atom. The van der Waals surface area contributed by atoms with E-state index in [0.29, 0.717) is 5.56 Å². The normalized spacial score (nSPS) is 10.9. The van der Waals surface area contributed by atoms with Crippen LogP contribution in [0.2, 0.25) is 0 Å². The number of carbonyl (C=O) groups excluding carboxylic acids is 1. The van der Waals surface area contributed by atoms with Gasteiger partial charge in [0.15, 0.2) is 0 Å². The van der Waals surface area contributed by atoms with Gasteiger partial charge in [-0.05, 0) is 45.0 Å². The quantitative estimate of drug-likeness (QED) is 0.821. The standard InChI is InChI=1S/C17H17NO4/c1-17(2,3)22-16(21)18-10-9-13-11-12(7-8-14(13)18)5-4-6-15(19)20/h7-11H,6H2,1-3H3,(H,19,20). The Morgan fingerprint density at radius 2 is 2.00 bits per heavy atom. The molecule has 0 aliphatic carbocycles. The summed E-state index contributed by atoms with van der Waals surface area (Å²) in [6, 6.07) is 7.12. The molecule has 5 heteroatoms. The Kier molecular flexibility index (Phi) is 4.22. The molecule has 1 heterocycles. The van der Waals surface area contributed by atoms with E-state index in [2.05, 4.69) is 11.8 Å². The Morgan fingerprint density at radius 1 is 1.27 bits per heavy atom. The highest BCUT2D eigenvalue weighted by atomic mass is 16.6. The molecule has 1 aromatic heterocycles. The summed E-state index contributed by atoms with van der Waals surface area (Å²) in [5.41, 5.74) is 0.865. The fourth-order valence-electron chi connectivity index (χ4n) is 1.91. The number of aromatic nitrogens is 1. The third-order valence-corrected chi connectivity index (χ3v) is 2.75. The van der Waals surface area contributed by atoms with Crippen LogP contribution in [0.15, 0.2) is 30.5 Å². The number of benzene rings is 1. The van der Waals surface area contributed by atoms with Crippen LogP contribution in [0, 0.1) is 11.8 Å². The van der Waals surface area contributed by atoms with E-state index in [4.69, 9.17) is 9.84 Å². The van der Waals surface area contributed by atoms with E-state index in [0.717, 1.165) is 10.9 Å². The van der Waals surface area contributed by atoms with Crippen molar-refractivity contribution in [3.05, 3.63) is 36.0 Å². The summed E-state index contributed by atoms with van der Waals surface area (Å²) < 4.78 is 6.78. The topological polar surface area (TPSA) is 68.5 Å². The summed E-state index contributed by atoms with van der Waals surface area (Å²) >= 11 is 0. The summed E-state index contributed by atoms with van der Waals surface area (Å²) in [5.74, 6) is 4.41. The van der Waals surface area contributed by atoms with Crippen molar-refractivity contribution in [2.45, 2.75) is 32.8 Å². The number of hydrogen-bond acceptors (Lipinski definition) is 3. The lowest BCUT2D eigenvalue weighted by molar-refractivity contribution is -0.135. The van der Waals surface area contributed by atoms with Crippen molar-refractivity contribution in [1.82, 2.24) is 4.57 Å². The molecule has 2 rings (SSSR count). The van der Waals surface area contributed by atoms with Crippen LogP contribution in [0.25, 0.3) is 10.9 Å². The van der Waals surface area contributed by atoms with Crippen LogP contribution in [0.5, 0.6) is 0 Å². The highest BCUT2D eigenvalue weighted by Crippen LogP contribution is 2.19. The van der Waals surface area contributed by atoms with E-state index in [1.807, 2.05) is 26.8 Å². The van der Waals surface area contributed by atoms with Crippen molar-refractivity contribution in [3.63, 3.8) is 0 Å². The molecular weight excluding hydrogens is 282 g/mol. The molecule has 0 fully saturated rings. The molecule has 1 N–H and O–H groups in total. The number of ether oxygens (including phenoxy) is 1. The highest BCUT2D eigenvalue weighted by Gasteiger charge is 2.18. The molecule has 5 nitrogen and oxygen atoms in total. The van der Waals surface area contributed by atoms with Crippen molar-refractivity contribution >= 4 is 23.0 Å². The van der Waals surface area contributed by atoms with Gasteiger partial charge < -0.3 is 9.84 Å². The molecule has 22 heavy (non-hydrogen) atoms. The molecular formula is C17H17NO4. The second-order valence-corrected chi connectivity index (χ2v) is 5.81. The zero-order chi connectivity index (χ0) is 16.3. The Hall–Kier alpha value is -2.74. The third kappa shape index (κ3) is 3.89. The molecule has 2 aromatic rings. The first-order valence-electron chi connectivity index (χ1n) is 6.81. The van der Waals surface area contributed by atoms with Gasteiger partial charge in [0.1, 0.15) is 12.0 Å². The van der Waals surface area contributed by atoms with E-state index in [1.54, 1.807) is 24.4 Å². The first-order valence-corrected chi connectivity index (χ1v) is 6.81. The van der Waals surface area contributed by atoms with Crippen molar-refractivity contribution in [3.8, 4) is 11.8 Å². The SMILES string of the molecule is CC(C)(C)OC(=O)n1ccc2cc(C#CCC(=O)O)ccc21. The van der Waals surface area contributed by atoms with Crippen LogP contribution in [-0.2, 0) is 9.53 Å². The van der Waals surface area contributed by atoms with E-state index in [9.17, 15) is 9.59 Å². The van der Waals surface area contributed by atoms with E-state index in [-0.39, 0.29) is 6.42 Å². The monoisotopic (exact) mass is 299 g/mol. The average molecular weight is 299 g/mol.